The highest BCUT2D eigenvalue weighted by atomic mass is 79.9. The van der Waals surface area contributed by atoms with Crippen LogP contribution in [0.25, 0.3) is 0 Å². The van der Waals surface area contributed by atoms with Gasteiger partial charge in [0.25, 0.3) is 0 Å². The number of halogens is 2. The lowest BCUT2D eigenvalue weighted by Gasteiger charge is -2.33. The Balaban J connectivity index is 1.61. The quantitative estimate of drug-likeness (QED) is 0.586. The Kier molecular flexibility index (Phi) is 5.29. The van der Waals surface area contributed by atoms with E-state index in [9.17, 15) is 0 Å². The first-order chi connectivity index (χ1) is 10.2. The Morgan fingerprint density at radius 3 is 2.52 bits per heavy atom. The van der Waals surface area contributed by atoms with Gasteiger partial charge in [-0.3, -0.25) is 0 Å². The Morgan fingerprint density at radius 2 is 1.86 bits per heavy atom. The molecule has 1 aliphatic carbocycles. The summed E-state index contributed by atoms with van der Waals surface area (Å²) in [4.78, 5) is 0. The molecule has 1 aliphatic heterocycles. The third-order valence-electron chi connectivity index (χ3n) is 5.18. The molecule has 0 N–H and O–H groups in total. The molecule has 1 spiro atoms. The van der Waals surface area contributed by atoms with Crippen molar-refractivity contribution >= 4 is 27.5 Å². The van der Waals surface area contributed by atoms with Crippen molar-refractivity contribution in [3.63, 3.8) is 0 Å². The molecule has 3 heteroatoms. The first-order valence-corrected chi connectivity index (χ1v) is 9.53. The number of hydrogen-bond acceptors (Lipinski definition) is 1. The molecule has 1 aromatic carbocycles. The molecule has 1 aromatic rings. The molecule has 2 unspecified atom stereocenters. The number of ether oxygens (including phenoxy) is 1. The predicted octanol–water partition coefficient (Wildman–Crippen LogP) is 6.04. The molecule has 0 aromatic heterocycles. The summed E-state index contributed by atoms with van der Waals surface area (Å²) in [6, 6.07) is 8.57. The third kappa shape index (κ3) is 3.83. The number of hydrogen-bond donors (Lipinski definition) is 0. The van der Waals surface area contributed by atoms with Gasteiger partial charge < -0.3 is 4.74 Å². The van der Waals surface area contributed by atoms with Gasteiger partial charge in [0.05, 0.1) is 11.7 Å². The lowest BCUT2D eigenvalue weighted by molar-refractivity contribution is -0.0669. The van der Waals surface area contributed by atoms with Crippen LogP contribution >= 0.6 is 27.5 Å². The highest BCUT2D eigenvalue weighted by Crippen LogP contribution is 2.44. The Morgan fingerprint density at radius 1 is 1.14 bits per heavy atom. The second-order valence-corrected chi connectivity index (χ2v) is 7.88. The van der Waals surface area contributed by atoms with Crippen molar-refractivity contribution in [2.45, 2.75) is 69.0 Å². The maximum Gasteiger partial charge on any atom is 0.0687 e. The van der Waals surface area contributed by atoms with Crippen LogP contribution in [-0.2, 0) is 4.74 Å². The summed E-state index contributed by atoms with van der Waals surface area (Å²) in [5.41, 5.74) is 1.56. The van der Waals surface area contributed by atoms with Crippen molar-refractivity contribution in [1.82, 2.24) is 0 Å². The van der Waals surface area contributed by atoms with Gasteiger partial charge in [0.15, 0.2) is 0 Å². The smallest absolute Gasteiger partial charge is 0.0687 e. The van der Waals surface area contributed by atoms with Crippen LogP contribution in [0.2, 0.25) is 0 Å². The van der Waals surface area contributed by atoms with Gasteiger partial charge in [-0.25, -0.2) is 0 Å². The van der Waals surface area contributed by atoms with Gasteiger partial charge in [-0.05, 0) is 55.7 Å². The minimum absolute atomic E-state index is 0.222. The number of alkyl halides is 1. The second-order valence-electron chi connectivity index (χ2n) is 6.66. The van der Waals surface area contributed by atoms with Gasteiger partial charge in [-0.15, -0.1) is 11.6 Å². The lowest BCUT2D eigenvalue weighted by atomic mass is 9.83. The first kappa shape index (κ1) is 15.8. The summed E-state index contributed by atoms with van der Waals surface area (Å²) in [7, 11) is 0. The zero-order chi connectivity index (χ0) is 14.7. The molecule has 2 fully saturated rings. The molecule has 2 atom stereocenters. The molecule has 0 bridgehead atoms. The van der Waals surface area contributed by atoms with Crippen molar-refractivity contribution < 1.29 is 4.74 Å². The maximum absolute atomic E-state index is 6.50. The van der Waals surface area contributed by atoms with E-state index in [1.54, 1.807) is 0 Å². The molecular weight excluding hydrogens is 348 g/mol. The normalized spacial score (nSPS) is 26.1. The van der Waals surface area contributed by atoms with Gasteiger partial charge in [0, 0.05) is 10.4 Å². The average molecular weight is 372 g/mol. The SMILES string of the molecule is ClCC(CC1CCC2(CCCCC2)O1)c1ccc(Br)cc1. The van der Waals surface area contributed by atoms with Crippen molar-refractivity contribution in [3.8, 4) is 0 Å². The molecule has 1 saturated heterocycles. The number of rotatable bonds is 4. The molecule has 2 aliphatic rings. The molecule has 0 radical (unpaired) electrons. The summed E-state index contributed by atoms with van der Waals surface area (Å²) in [5, 5.41) is 0. The predicted molar refractivity (Wildman–Crippen MR) is 92.1 cm³/mol. The van der Waals surface area contributed by atoms with E-state index in [4.69, 9.17) is 16.3 Å². The van der Waals surface area contributed by atoms with E-state index in [1.165, 1.54) is 50.5 Å². The van der Waals surface area contributed by atoms with E-state index < -0.39 is 0 Å². The molecule has 21 heavy (non-hydrogen) atoms. The molecule has 3 rings (SSSR count). The van der Waals surface area contributed by atoms with Crippen LogP contribution in [0.3, 0.4) is 0 Å². The summed E-state index contributed by atoms with van der Waals surface area (Å²) in [5.74, 6) is 1.08. The number of benzene rings is 1. The van der Waals surface area contributed by atoms with Crippen molar-refractivity contribution in [2.75, 3.05) is 5.88 Å². The van der Waals surface area contributed by atoms with E-state index in [1.807, 2.05) is 0 Å². The van der Waals surface area contributed by atoms with Gasteiger partial charge in [-0.2, -0.15) is 0 Å². The first-order valence-electron chi connectivity index (χ1n) is 8.20. The Hall–Kier alpha value is -0.0500. The fourth-order valence-corrected chi connectivity index (χ4v) is 4.53. The average Bonchev–Trinajstić information content (AvgIpc) is 2.89. The van der Waals surface area contributed by atoms with E-state index in [2.05, 4.69) is 40.2 Å². The topological polar surface area (TPSA) is 9.23 Å². The van der Waals surface area contributed by atoms with Gasteiger partial charge in [0.2, 0.25) is 0 Å². The zero-order valence-electron chi connectivity index (χ0n) is 12.5. The molecule has 1 heterocycles. The van der Waals surface area contributed by atoms with Gasteiger partial charge in [-0.1, -0.05) is 47.3 Å². The molecule has 1 nitrogen and oxygen atoms in total. The van der Waals surface area contributed by atoms with Crippen molar-refractivity contribution in [3.05, 3.63) is 34.3 Å². The summed E-state index contributed by atoms with van der Waals surface area (Å²) < 4.78 is 7.62. The lowest BCUT2D eigenvalue weighted by Crippen LogP contribution is -2.32. The van der Waals surface area contributed by atoms with Crippen LogP contribution in [0.5, 0.6) is 0 Å². The van der Waals surface area contributed by atoms with E-state index >= 15 is 0 Å². The second kappa shape index (κ2) is 7.02. The molecule has 0 amide bonds. The van der Waals surface area contributed by atoms with Gasteiger partial charge in [0.1, 0.15) is 0 Å². The highest BCUT2D eigenvalue weighted by molar-refractivity contribution is 9.10. The fraction of sp³-hybridized carbons (Fsp3) is 0.667. The Labute approximate surface area is 141 Å². The van der Waals surface area contributed by atoms with Crippen molar-refractivity contribution in [2.24, 2.45) is 0 Å². The van der Waals surface area contributed by atoms with Crippen LogP contribution in [0.15, 0.2) is 28.7 Å². The third-order valence-corrected chi connectivity index (χ3v) is 6.08. The van der Waals surface area contributed by atoms with E-state index in [0.29, 0.717) is 17.9 Å². The van der Waals surface area contributed by atoms with Crippen LogP contribution in [0.1, 0.15) is 62.8 Å². The van der Waals surface area contributed by atoms with Crippen LogP contribution in [-0.4, -0.2) is 17.6 Å². The Bertz CT molecular complexity index is 453. The fourth-order valence-electron chi connectivity index (χ4n) is 3.97. The molecule has 116 valence electrons. The summed E-state index contributed by atoms with van der Waals surface area (Å²) >= 11 is 9.73. The monoisotopic (exact) mass is 370 g/mol. The summed E-state index contributed by atoms with van der Waals surface area (Å²) in [6.45, 7) is 0. The zero-order valence-corrected chi connectivity index (χ0v) is 14.8. The molecule has 1 saturated carbocycles. The van der Waals surface area contributed by atoms with E-state index in [0.717, 1.165) is 10.9 Å². The standard InChI is InChI=1S/C18H24BrClO/c19-16-6-4-14(5-7-16)15(13-20)12-17-8-11-18(21-17)9-2-1-3-10-18/h4-7,15,17H,1-3,8-13H2. The van der Waals surface area contributed by atoms with Crippen LogP contribution in [0, 0.1) is 0 Å². The van der Waals surface area contributed by atoms with Crippen LogP contribution < -0.4 is 0 Å². The van der Waals surface area contributed by atoms with Gasteiger partial charge >= 0.3 is 0 Å². The van der Waals surface area contributed by atoms with Crippen LogP contribution in [0.4, 0.5) is 0 Å². The largest absolute Gasteiger partial charge is 0.372 e. The van der Waals surface area contributed by atoms with Crippen molar-refractivity contribution in [1.29, 1.82) is 0 Å². The molecular formula is C18H24BrClO. The summed E-state index contributed by atoms with van der Waals surface area (Å²) in [6.07, 6.45) is 10.6. The minimum atomic E-state index is 0.222. The minimum Gasteiger partial charge on any atom is -0.372 e. The van der Waals surface area contributed by atoms with E-state index in [-0.39, 0.29) is 5.60 Å². The maximum atomic E-state index is 6.50. The highest BCUT2D eigenvalue weighted by Gasteiger charge is 2.41.